The summed E-state index contributed by atoms with van der Waals surface area (Å²) in [5.41, 5.74) is -1.57. The van der Waals surface area contributed by atoms with Gasteiger partial charge in [0.25, 0.3) is 0 Å². The van der Waals surface area contributed by atoms with E-state index < -0.39 is 27.9 Å². The van der Waals surface area contributed by atoms with Gasteiger partial charge < -0.3 is 15.2 Å². The number of benzene rings is 1. The minimum absolute atomic E-state index is 0.189. The quantitative estimate of drug-likeness (QED) is 0.502. The van der Waals surface area contributed by atoms with Crippen molar-refractivity contribution in [3.8, 4) is 5.75 Å². The van der Waals surface area contributed by atoms with Crippen LogP contribution in [0.5, 0.6) is 5.75 Å². The molecule has 0 spiro atoms. The Labute approximate surface area is 128 Å². The van der Waals surface area contributed by atoms with Crippen LogP contribution < -0.4 is 5.32 Å². The van der Waals surface area contributed by atoms with Crippen LogP contribution in [0.25, 0.3) is 0 Å². The molecule has 0 bridgehead atoms. The summed E-state index contributed by atoms with van der Waals surface area (Å²) in [6, 6.07) is 3.85. The SMILES string of the molecule is CC(C)(OC(=O)c1cccc(O)c1[N+](=O)[O-])C1CCNCC1. The third kappa shape index (κ3) is 3.36. The van der Waals surface area contributed by atoms with Gasteiger partial charge in [0.1, 0.15) is 11.2 Å². The van der Waals surface area contributed by atoms with E-state index in [1.54, 1.807) is 0 Å². The predicted molar refractivity (Wildman–Crippen MR) is 79.8 cm³/mol. The highest BCUT2D eigenvalue weighted by atomic mass is 16.6. The van der Waals surface area contributed by atoms with Crippen LogP contribution in [0.15, 0.2) is 18.2 Å². The number of phenols is 1. The number of nitro groups is 1. The highest BCUT2D eigenvalue weighted by molar-refractivity contribution is 5.95. The zero-order valence-electron chi connectivity index (χ0n) is 12.7. The lowest BCUT2D eigenvalue weighted by Crippen LogP contribution is -2.42. The van der Waals surface area contributed by atoms with Gasteiger partial charge in [0.15, 0.2) is 5.75 Å². The van der Waals surface area contributed by atoms with E-state index in [1.807, 2.05) is 13.8 Å². The largest absolute Gasteiger partial charge is 0.502 e. The summed E-state index contributed by atoms with van der Waals surface area (Å²) in [5, 5.41) is 23.9. The van der Waals surface area contributed by atoms with E-state index in [2.05, 4.69) is 5.32 Å². The van der Waals surface area contributed by atoms with Gasteiger partial charge in [-0.1, -0.05) is 6.07 Å². The summed E-state index contributed by atoms with van der Waals surface area (Å²) in [6.07, 6.45) is 1.75. The molecule has 0 unspecified atom stereocenters. The van der Waals surface area contributed by atoms with Crippen molar-refractivity contribution in [1.82, 2.24) is 5.32 Å². The summed E-state index contributed by atoms with van der Waals surface area (Å²) >= 11 is 0. The molecule has 2 N–H and O–H groups in total. The number of hydrogen-bond acceptors (Lipinski definition) is 6. The van der Waals surface area contributed by atoms with Crippen LogP contribution in [0.2, 0.25) is 0 Å². The van der Waals surface area contributed by atoms with Crippen molar-refractivity contribution in [2.75, 3.05) is 13.1 Å². The first-order valence-electron chi connectivity index (χ1n) is 7.23. The average molecular weight is 308 g/mol. The molecule has 0 amide bonds. The number of rotatable bonds is 4. The molecule has 0 atom stereocenters. The molecule has 0 radical (unpaired) electrons. The lowest BCUT2D eigenvalue weighted by molar-refractivity contribution is -0.386. The first-order chi connectivity index (χ1) is 10.3. The van der Waals surface area contributed by atoms with Gasteiger partial charge in [0, 0.05) is 5.92 Å². The molecule has 1 aromatic rings. The van der Waals surface area contributed by atoms with E-state index in [0.29, 0.717) is 0 Å². The van der Waals surface area contributed by atoms with Gasteiger partial charge in [-0.2, -0.15) is 0 Å². The molecule has 1 heterocycles. The van der Waals surface area contributed by atoms with Crippen molar-refractivity contribution in [3.05, 3.63) is 33.9 Å². The molecular formula is C15H20N2O5. The summed E-state index contributed by atoms with van der Waals surface area (Å²) in [5.74, 6) is -1.14. The van der Waals surface area contributed by atoms with Crippen LogP contribution in [-0.4, -0.2) is 34.7 Å². The zero-order valence-corrected chi connectivity index (χ0v) is 12.7. The second-order valence-corrected chi connectivity index (χ2v) is 5.95. The summed E-state index contributed by atoms with van der Waals surface area (Å²) in [7, 11) is 0. The van der Waals surface area contributed by atoms with Gasteiger partial charge in [-0.25, -0.2) is 4.79 Å². The van der Waals surface area contributed by atoms with Crippen molar-refractivity contribution < 1.29 is 19.6 Å². The van der Waals surface area contributed by atoms with Crippen molar-refractivity contribution in [2.45, 2.75) is 32.3 Å². The Morgan fingerprint density at radius 2 is 2.05 bits per heavy atom. The number of carbonyl (C=O) groups excluding carboxylic acids is 1. The molecule has 2 rings (SSSR count). The zero-order chi connectivity index (χ0) is 16.3. The molecule has 0 saturated carbocycles. The van der Waals surface area contributed by atoms with Gasteiger partial charge in [-0.3, -0.25) is 10.1 Å². The lowest BCUT2D eigenvalue weighted by atomic mass is 9.83. The fourth-order valence-electron chi connectivity index (χ4n) is 2.78. The predicted octanol–water partition coefficient (Wildman–Crippen LogP) is 2.24. The monoisotopic (exact) mass is 308 g/mol. The number of piperidine rings is 1. The minimum atomic E-state index is -0.786. The number of para-hydroxylation sites is 1. The smallest absolute Gasteiger partial charge is 0.345 e. The van der Waals surface area contributed by atoms with Crippen LogP contribution in [0, 0.1) is 16.0 Å². The highest BCUT2D eigenvalue weighted by Gasteiger charge is 2.36. The number of carbonyl (C=O) groups is 1. The van der Waals surface area contributed by atoms with E-state index >= 15 is 0 Å². The number of nitrogens with zero attached hydrogens (tertiary/aromatic N) is 1. The number of nitro benzene ring substituents is 1. The second kappa shape index (κ2) is 6.31. The Hall–Kier alpha value is -2.15. The molecule has 1 aliphatic rings. The Kier molecular flexibility index (Phi) is 4.65. The van der Waals surface area contributed by atoms with Crippen molar-refractivity contribution in [2.24, 2.45) is 5.92 Å². The normalized spacial score (nSPS) is 16.3. The van der Waals surface area contributed by atoms with Gasteiger partial charge in [0.05, 0.1) is 4.92 Å². The number of hydrogen-bond donors (Lipinski definition) is 2. The molecule has 0 aromatic heterocycles. The van der Waals surface area contributed by atoms with Gasteiger partial charge in [-0.05, 0) is 51.9 Å². The molecule has 1 fully saturated rings. The van der Waals surface area contributed by atoms with Crippen LogP contribution in [0.3, 0.4) is 0 Å². The number of phenolic OH excluding ortho intramolecular Hbond substituents is 1. The topological polar surface area (TPSA) is 102 Å². The Balaban J connectivity index is 2.22. The van der Waals surface area contributed by atoms with E-state index in [-0.39, 0.29) is 11.5 Å². The molecular weight excluding hydrogens is 288 g/mol. The van der Waals surface area contributed by atoms with E-state index in [1.165, 1.54) is 18.2 Å². The van der Waals surface area contributed by atoms with Crippen LogP contribution in [-0.2, 0) is 4.74 Å². The third-order valence-corrected chi connectivity index (χ3v) is 4.10. The Morgan fingerprint density at radius 3 is 2.64 bits per heavy atom. The molecule has 120 valence electrons. The van der Waals surface area contributed by atoms with Crippen molar-refractivity contribution in [1.29, 1.82) is 0 Å². The minimum Gasteiger partial charge on any atom is -0.502 e. The highest BCUT2D eigenvalue weighted by Crippen LogP contribution is 2.33. The van der Waals surface area contributed by atoms with E-state index in [0.717, 1.165) is 25.9 Å². The van der Waals surface area contributed by atoms with Crippen molar-refractivity contribution >= 4 is 11.7 Å². The molecule has 1 saturated heterocycles. The maximum Gasteiger partial charge on any atom is 0.345 e. The van der Waals surface area contributed by atoms with Gasteiger partial charge in [0.2, 0.25) is 0 Å². The average Bonchev–Trinajstić information content (AvgIpc) is 2.47. The van der Waals surface area contributed by atoms with Gasteiger partial charge in [-0.15, -0.1) is 0 Å². The first-order valence-corrected chi connectivity index (χ1v) is 7.23. The summed E-state index contributed by atoms with van der Waals surface area (Å²) in [6.45, 7) is 5.35. The molecule has 1 aromatic carbocycles. The fraction of sp³-hybridized carbons (Fsp3) is 0.533. The van der Waals surface area contributed by atoms with Gasteiger partial charge >= 0.3 is 11.7 Å². The number of aromatic hydroxyl groups is 1. The van der Waals surface area contributed by atoms with Crippen LogP contribution in [0.4, 0.5) is 5.69 Å². The lowest BCUT2D eigenvalue weighted by Gasteiger charge is -2.36. The molecule has 7 heteroatoms. The maximum absolute atomic E-state index is 12.3. The van der Waals surface area contributed by atoms with Crippen molar-refractivity contribution in [3.63, 3.8) is 0 Å². The maximum atomic E-state index is 12.3. The molecule has 22 heavy (non-hydrogen) atoms. The Bertz CT molecular complexity index is 579. The summed E-state index contributed by atoms with van der Waals surface area (Å²) < 4.78 is 5.53. The standard InChI is InChI=1S/C15H20N2O5/c1-15(2,10-6-8-16-9-7-10)22-14(19)11-4-3-5-12(18)13(11)17(20)21/h3-5,10,16,18H,6-9H2,1-2H3. The summed E-state index contributed by atoms with van der Waals surface area (Å²) in [4.78, 5) is 22.6. The second-order valence-electron chi connectivity index (χ2n) is 5.95. The third-order valence-electron chi connectivity index (χ3n) is 4.10. The van der Waals surface area contributed by atoms with E-state index in [9.17, 15) is 20.0 Å². The molecule has 0 aliphatic carbocycles. The van der Waals surface area contributed by atoms with Crippen LogP contribution in [0.1, 0.15) is 37.0 Å². The fourth-order valence-corrected chi connectivity index (χ4v) is 2.78. The number of ether oxygens (including phenoxy) is 1. The van der Waals surface area contributed by atoms with E-state index in [4.69, 9.17) is 4.74 Å². The molecule has 7 nitrogen and oxygen atoms in total. The number of nitrogens with one attached hydrogen (secondary N) is 1. The first kappa shape index (κ1) is 16.2. The van der Waals surface area contributed by atoms with Crippen LogP contribution >= 0.6 is 0 Å². The molecule has 1 aliphatic heterocycles. The number of esters is 1. The Morgan fingerprint density at radius 1 is 1.41 bits per heavy atom.